The van der Waals surface area contributed by atoms with Crippen molar-refractivity contribution in [2.75, 3.05) is 6.54 Å². The Bertz CT molecular complexity index is 555. The largest absolute Gasteiger partial charge is 0.490 e. The van der Waals surface area contributed by atoms with Gasteiger partial charge >= 0.3 is 5.97 Å². The summed E-state index contributed by atoms with van der Waals surface area (Å²) in [5, 5.41) is 11.8. The van der Waals surface area contributed by atoms with E-state index in [1.165, 1.54) is 0 Å². The second-order valence-corrected chi connectivity index (χ2v) is 6.92. The van der Waals surface area contributed by atoms with Gasteiger partial charge in [-0.25, -0.2) is 0 Å². The summed E-state index contributed by atoms with van der Waals surface area (Å²) >= 11 is 3.35. The molecule has 1 amide bonds. The molecule has 0 heterocycles. The lowest BCUT2D eigenvalue weighted by molar-refractivity contribution is -0.147. The van der Waals surface area contributed by atoms with Crippen molar-refractivity contribution in [3.63, 3.8) is 0 Å². The SMILES string of the molecule is CC(C)Oc1cc(Br)ccc1C(=O)NCCC(C)(C)C(=O)O. The van der Waals surface area contributed by atoms with E-state index < -0.39 is 11.4 Å². The van der Waals surface area contributed by atoms with Crippen LogP contribution in [0.1, 0.15) is 44.5 Å². The fourth-order valence-corrected chi connectivity index (χ4v) is 2.07. The third-order valence-corrected chi connectivity index (χ3v) is 3.66. The second kappa shape index (κ2) is 7.63. The van der Waals surface area contributed by atoms with E-state index in [2.05, 4.69) is 21.2 Å². The third-order valence-electron chi connectivity index (χ3n) is 3.17. The van der Waals surface area contributed by atoms with Crippen LogP contribution in [0.4, 0.5) is 0 Å². The zero-order valence-electron chi connectivity index (χ0n) is 13.3. The highest BCUT2D eigenvalue weighted by Crippen LogP contribution is 2.25. The first-order valence-corrected chi connectivity index (χ1v) is 7.90. The Morgan fingerprint density at radius 2 is 2.00 bits per heavy atom. The summed E-state index contributed by atoms with van der Waals surface area (Å²) in [4.78, 5) is 23.3. The van der Waals surface area contributed by atoms with Crippen LogP contribution < -0.4 is 10.1 Å². The normalized spacial score (nSPS) is 11.4. The summed E-state index contributed by atoms with van der Waals surface area (Å²) in [6.45, 7) is 7.33. The van der Waals surface area contributed by atoms with E-state index in [1.807, 2.05) is 13.8 Å². The van der Waals surface area contributed by atoms with Crippen LogP contribution in [-0.2, 0) is 4.79 Å². The summed E-state index contributed by atoms with van der Waals surface area (Å²) in [6.07, 6.45) is 0.303. The maximum absolute atomic E-state index is 12.3. The summed E-state index contributed by atoms with van der Waals surface area (Å²) in [7, 11) is 0. The molecule has 0 saturated heterocycles. The number of hydrogen-bond acceptors (Lipinski definition) is 3. The van der Waals surface area contributed by atoms with E-state index in [0.717, 1.165) is 4.47 Å². The molecule has 0 unspecified atom stereocenters. The van der Waals surface area contributed by atoms with Crippen LogP contribution in [0.3, 0.4) is 0 Å². The number of aliphatic carboxylic acids is 1. The van der Waals surface area contributed by atoms with E-state index in [1.54, 1.807) is 32.0 Å². The Morgan fingerprint density at radius 1 is 1.36 bits per heavy atom. The lowest BCUT2D eigenvalue weighted by atomic mass is 9.90. The number of carboxylic acid groups (broad SMARTS) is 1. The van der Waals surface area contributed by atoms with Crippen molar-refractivity contribution in [2.45, 2.75) is 40.2 Å². The first kappa shape index (κ1) is 18.5. The first-order chi connectivity index (χ1) is 10.1. The standard InChI is InChI=1S/C16H22BrNO4/c1-10(2)22-13-9-11(17)5-6-12(13)14(19)18-8-7-16(3,4)15(20)21/h5-6,9-10H,7-8H2,1-4H3,(H,18,19)(H,20,21). The molecule has 22 heavy (non-hydrogen) atoms. The number of ether oxygens (including phenoxy) is 1. The Labute approximate surface area is 139 Å². The number of carbonyl (C=O) groups is 2. The molecule has 0 spiro atoms. The van der Waals surface area contributed by atoms with Gasteiger partial charge in [0.05, 0.1) is 17.1 Å². The highest BCUT2D eigenvalue weighted by molar-refractivity contribution is 9.10. The van der Waals surface area contributed by atoms with Crippen molar-refractivity contribution in [2.24, 2.45) is 5.41 Å². The minimum atomic E-state index is -0.880. The van der Waals surface area contributed by atoms with Gasteiger partial charge in [0.15, 0.2) is 0 Å². The van der Waals surface area contributed by atoms with E-state index in [0.29, 0.717) is 17.7 Å². The van der Waals surface area contributed by atoms with E-state index in [4.69, 9.17) is 9.84 Å². The number of nitrogens with one attached hydrogen (secondary N) is 1. The van der Waals surface area contributed by atoms with Crippen LogP contribution in [0.2, 0.25) is 0 Å². The predicted octanol–water partition coefficient (Wildman–Crippen LogP) is 3.47. The van der Waals surface area contributed by atoms with Gasteiger partial charge in [0.2, 0.25) is 0 Å². The maximum Gasteiger partial charge on any atom is 0.309 e. The number of amides is 1. The molecule has 0 radical (unpaired) electrons. The molecule has 6 heteroatoms. The Hall–Kier alpha value is -1.56. The van der Waals surface area contributed by atoms with Crippen LogP contribution in [0.5, 0.6) is 5.75 Å². The van der Waals surface area contributed by atoms with E-state index >= 15 is 0 Å². The summed E-state index contributed by atoms with van der Waals surface area (Å²) in [6, 6.07) is 5.19. The molecule has 0 fully saturated rings. The lowest BCUT2D eigenvalue weighted by Gasteiger charge is -2.19. The minimum absolute atomic E-state index is 0.0493. The number of hydrogen-bond donors (Lipinski definition) is 2. The number of benzene rings is 1. The fourth-order valence-electron chi connectivity index (χ4n) is 1.73. The smallest absolute Gasteiger partial charge is 0.309 e. The first-order valence-electron chi connectivity index (χ1n) is 7.11. The molecule has 1 aromatic carbocycles. The fraction of sp³-hybridized carbons (Fsp3) is 0.500. The molecule has 1 aromatic rings. The number of rotatable bonds is 7. The molecule has 0 atom stereocenters. The van der Waals surface area contributed by atoms with Crippen molar-refractivity contribution in [3.05, 3.63) is 28.2 Å². The number of carboxylic acids is 1. The van der Waals surface area contributed by atoms with Crippen LogP contribution in [0.25, 0.3) is 0 Å². The van der Waals surface area contributed by atoms with Gasteiger partial charge in [0.25, 0.3) is 5.91 Å². The number of carbonyl (C=O) groups excluding carboxylic acids is 1. The van der Waals surface area contributed by atoms with Crippen LogP contribution in [-0.4, -0.2) is 29.6 Å². The van der Waals surface area contributed by atoms with Gasteiger partial charge in [-0.1, -0.05) is 15.9 Å². The van der Waals surface area contributed by atoms with Crippen molar-refractivity contribution in [1.29, 1.82) is 0 Å². The zero-order chi connectivity index (χ0) is 16.9. The van der Waals surface area contributed by atoms with Gasteiger partial charge in [-0.15, -0.1) is 0 Å². The lowest BCUT2D eigenvalue weighted by Crippen LogP contribution is -2.32. The van der Waals surface area contributed by atoms with Gasteiger partial charge in [0, 0.05) is 11.0 Å². The molecule has 0 aliphatic rings. The predicted molar refractivity (Wildman–Crippen MR) is 88.3 cm³/mol. The van der Waals surface area contributed by atoms with E-state index in [-0.39, 0.29) is 18.6 Å². The highest BCUT2D eigenvalue weighted by Gasteiger charge is 2.26. The zero-order valence-corrected chi connectivity index (χ0v) is 14.9. The molecule has 2 N–H and O–H groups in total. The van der Waals surface area contributed by atoms with Crippen LogP contribution in [0.15, 0.2) is 22.7 Å². The summed E-state index contributed by atoms with van der Waals surface area (Å²) in [5.74, 6) is -0.655. The minimum Gasteiger partial charge on any atom is -0.490 e. The van der Waals surface area contributed by atoms with Crippen LogP contribution in [0, 0.1) is 5.41 Å². The average molecular weight is 372 g/mol. The van der Waals surface area contributed by atoms with Crippen molar-refractivity contribution < 1.29 is 19.4 Å². The quantitative estimate of drug-likeness (QED) is 0.769. The molecular formula is C16H22BrNO4. The average Bonchev–Trinajstić information content (AvgIpc) is 2.37. The van der Waals surface area contributed by atoms with Gasteiger partial charge in [-0.2, -0.15) is 0 Å². The van der Waals surface area contributed by atoms with Gasteiger partial charge in [-0.3, -0.25) is 9.59 Å². The van der Waals surface area contributed by atoms with Crippen molar-refractivity contribution in [3.8, 4) is 5.75 Å². The molecule has 122 valence electrons. The summed E-state index contributed by atoms with van der Waals surface area (Å²) < 4.78 is 6.47. The third kappa shape index (κ3) is 5.33. The Balaban J connectivity index is 2.75. The van der Waals surface area contributed by atoms with Crippen molar-refractivity contribution in [1.82, 2.24) is 5.32 Å². The maximum atomic E-state index is 12.3. The topological polar surface area (TPSA) is 75.6 Å². The molecule has 5 nitrogen and oxygen atoms in total. The van der Waals surface area contributed by atoms with Crippen molar-refractivity contribution >= 4 is 27.8 Å². The van der Waals surface area contributed by atoms with Gasteiger partial charge in [0.1, 0.15) is 5.75 Å². The molecule has 0 aliphatic carbocycles. The number of halogens is 1. The molecule has 1 rings (SSSR count). The van der Waals surface area contributed by atoms with Gasteiger partial charge < -0.3 is 15.2 Å². The molecule has 0 bridgehead atoms. The molecule has 0 aromatic heterocycles. The Kier molecular flexibility index (Phi) is 6.41. The highest BCUT2D eigenvalue weighted by atomic mass is 79.9. The summed E-state index contributed by atoms with van der Waals surface area (Å²) in [5.41, 5.74) is -0.436. The van der Waals surface area contributed by atoms with E-state index in [9.17, 15) is 9.59 Å². The second-order valence-electron chi connectivity index (χ2n) is 6.00. The van der Waals surface area contributed by atoms with Gasteiger partial charge in [-0.05, 0) is 52.3 Å². The molecular weight excluding hydrogens is 350 g/mol. The molecule has 0 aliphatic heterocycles. The van der Waals surface area contributed by atoms with Crippen LogP contribution >= 0.6 is 15.9 Å². The monoisotopic (exact) mass is 371 g/mol. The Morgan fingerprint density at radius 3 is 2.55 bits per heavy atom. The molecule has 0 saturated carbocycles.